The highest BCUT2D eigenvalue weighted by molar-refractivity contribution is 6.31. The van der Waals surface area contributed by atoms with Crippen LogP contribution < -0.4 is 9.64 Å². The number of fused-ring (bicyclic) bond motifs is 2. The van der Waals surface area contributed by atoms with Crippen LogP contribution in [-0.4, -0.2) is 33.1 Å². The van der Waals surface area contributed by atoms with Crippen molar-refractivity contribution >= 4 is 28.5 Å². The molecule has 0 fully saturated rings. The fourth-order valence-corrected chi connectivity index (χ4v) is 5.07. The predicted molar refractivity (Wildman–Crippen MR) is 144 cm³/mol. The van der Waals surface area contributed by atoms with Crippen LogP contribution in [0.15, 0.2) is 67.0 Å². The van der Waals surface area contributed by atoms with Gasteiger partial charge in [-0.3, -0.25) is 0 Å². The molecule has 0 saturated heterocycles. The summed E-state index contributed by atoms with van der Waals surface area (Å²) in [7, 11) is 0. The van der Waals surface area contributed by atoms with E-state index in [4.69, 9.17) is 21.3 Å². The Morgan fingerprint density at radius 1 is 1.00 bits per heavy atom. The molecule has 5 aromatic rings. The van der Waals surface area contributed by atoms with Crippen molar-refractivity contribution in [3.63, 3.8) is 0 Å². The molecule has 1 aliphatic rings. The van der Waals surface area contributed by atoms with Gasteiger partial charge in [0.15, 0.2) is 0 Å². The van der Waals surface area contributed by atoms with Gasteiger partial charge in [0.25, 0.3) is 0 Å². The number of aryl methyl sites for hydroxylation is 2. The van der Waals surface area contributed by atoms with E-state index in [1.807, 2.05) is 32.0 Å². The lowest BCUT2D eigenvalue weighted by atomic mass is 10.0. The second-order valence-corrected chi connectivity index (χ2v) is 9.58. The van der Waals surface area contributed by atoms with E-state index in [0.717, 1.165) is 73.5 Å². The SMILES string of the molecule is Cc1nc2ccc(-c3ccc4c(c3)CN(c3ncnc(C)c3Cc3ccccc3Cl)CCO4)cc2[nH]1. The number of H-pyrrole nitrogens is 1. The van der Waals surface area contributed by atoms with E-state index in [2.05, 4.69) is 62.3 Å². The Labute approximate surface area is 215 Å². The Bertz CT molecular complexity index is 1580. The zero-order valence-electron chi connectivity index (χ0n) is 20.3. The lowest BCUT2D eigenvalue weighted by Gasteiger charge is -2.24. The number of aromatic nitrogens is 4. The summed E-state index contributed by atoms with van der Waals surface area (Å²) in [5, 5.41) is 0.755. The molecule has 3 heterocycles. The number of imidazole rings is 1. The maximum absolute atomic E-state index is 6.49. The molecule has 6 nitrogen and oxygen atoms in total. The van der Waals surface area contributed by atoms with Crippen molar-refractivity contribution in [2.45, 2.75) is 26.8 Å². The summed E-state index contributed by atoms with van der Waals surface area (Å²) in [6, 6.07) is 20.7. The fourth-order valence-electron chi connectivity index (χ4n) is 4.87. The van der Waals surface area contributed by atoms with Gasteiger partial charge in [0.2, 0.25) is 0 Å². The molecule has 0 aliphatic carbocycles. The van der Waals surface area contributed by atoms with Gasteiger partial charge in [0.05, 0.1) is 17.6 Å². The number of halogens is 1. The average Bonchev–Trinajstić information content (AvgIpc) is 3.12. The number of benzene rings is 3. The highest BCUT2D eigenvalue weighted by Crippen LogP contribution is 2.33. The molecule has 1 aliphatic heterocycles. The van der Waals surface area contributed by atoms with Crippen LogP contribution in [0.3, 0.4) is 0 Å². The lowest BCUT2D eigenvalue weighted by molar-refractivity contribution is 0.331. The van der Waals surface area contributed by atoms with Crippen LogP contribution in [0.5, 0.6) is 5.75 Å². The molecular weight excluding hydrogens is 470 g/mol. The number of anilines is 1. The molecular formula is C29H26ClN5O. The minimum atomic E-state index is 0.584. The highest BCUT2D eigenvalue weighted by atomic mass is 35.5. The van der Waals surface area contributed by atoms with Crippen molar-refractivity contribution < 1.29 is 4.74 Å². The van der Waals surface area contributed by atoms with Crippen LogP contribution in [0.25, 0.3) is 22.2 Å². The summed E-state index contributed by atoms with van der Waals surface area (Å²) < 4.78 is 6.15. The molecule has 0 bridgehead atoms. The molecule has 1 N–H and O–H groups in total. The van der Waals surface area contributed by atoms with E-state index in [-0.39, 0.29) is 0 Å². The van der Waals surface area contributed by atoms with E-state index >= 15 is 0 Å². The van der Waals surface area contributed by atoms with Crippen LogP contribution in [0, 0.1) is 13.8 Å². The zero-order chi connectivity index (χ0) is 24.6. The van der Waals surface area contributed by atoms with Gasteiger partial charge in [-0.2, -0.15) is 0 Å². The quantitative estimate of drug-likeness (QED) is 0.318. The van der Waals surface area contributed by atoms with Crippen molar-refractivity contribution in [1.82, 2.24) is 19.9 Å². The molecule has 0 spiro atoms. The molecule has 2 aromatic heterocycles. The Balaban J connectivity index is 1.35. The van der Waals surface area contributed by atoms with Crippen LogP contribution in [0.4, 0.5) is 5.82 Å². The summed E-state index contributed by atoms with van der Waals surface area (Å²) >= 11 is 6.49. The summed E-state index contributed by atoms with van der Waals surface area (Å²) in [4.78, 5) is 19.4. The molecule has 7 heteroatoms. The second-order valence-electron chi connectivity index (χ2n) is 9.18. The minimum absolute atomic E-state index is 0.584. The summed E-state index contributed by atoms with van der Waals surface area (Å²) in [5.41, 5.74) is 8.55. The highest BCUT2D eigenvalue weighted by Gasteiger charge is 2.22. The van der Waals surface area contributed by atoms with E-state index in [1.54, 1.807) is 6.33 Å². The standard InChI is InChI=1S/C29H26ClN5O/c1-18-24(14-22-5-3-4-6-25(22)30)29(32-17-31-18)35-11-12-36-28-10-8-20(13-23(28)16-35)21-7-9-26-27(15-21)34-19(2)33-26/h3-10,13,15,17H,11-12,14,16H2,1-2H3,(H,33,34). The maximum atomic E-state index is 6.49. The number of ether oxygens (including phenoxy) is 1. The monoisotopic (exact) mass is 495 g/mol. The van der Waals surface area contributed by atoms with Crippen molar-refractivity contribution in [1.29, 1.82) is 0 Å². The molecule has 0 atom stereocenters. The van der Waals surface area contributed by atoms with Gasteiger partial charge in [-0.05, 0) is 60.9 Å². The summed E-state index contributed by atoms with van der Waals surface area (Å²) in [6.07, 6.45) is 2.32. The van der Waals surface area contributed by atoms with Gasteiger partial charge in [0, 0.05) is 34.8 Å². The van der Waals surface area contributed by atoms with E-state index in [1.165, 1.54) is 0 Å². The van der Waals surface area contributed by atoms with Gasteiger partial charge >= 0.3 is 0 Å². The smallest absolute Gasteiger partial charge is 0.136 e. The maximum Gasteiger partial charge on any atom is 0.136 e. The third kappa shape index (κ3) is 4.29. The van der Waals surface area contributed by atoms with E-state index in [0.29, 0.717) is 19.6 Å². The number of rotatable bonds is 4. The number of hydrogen-bond acceptors (Lipinski definition) is 5. The van der Waals surface area contributed by atoms with Gasteiger partial charge < -0.3 is 14.6 Å². The van der Waals surface area contributed by atoms with Crippen LogP contribution in [-0.2, 0) is 13.0 Å². The Kier molecular flexibility index (Phi) is 5.82. The minimum Gasteiger partial charge on any atom is -0.491 e. The van der Waals surface area contributed by atoms with Gasteiger partial charge in [-0.1, -0.05) is 41.9 Å². The van der Waals surface area contributed by atoms with Crippen LogP contribution in [0.2, 0.25) is 5.02 Å². The predicted octanol–water partition coefficient (Wildman–Crippen LogP) is 6.28. The average molecular weight is 496 g/mol. The van der Waals surface area contributed by atoms with Crippen molar-refractivity contribution in [2.75, 3.05) is 18.1 Å². The molecule has 36 heavy (non-hydrogen) atoms. The largest absolute Gasteiger partial charge is 0.491 e. The van der Waals surface area contributed by atoms with Gasteiger partial charge in [-0.15, -0.1) is 0 Å². The molecule has 0 saturated carbocycles. The van der Waals surface area contributed by atoms with Crippen LogP contribution in [0.1, 0.15) is 28.2 Å². The van der Waals surface area contributed by atoms with Crippen molar-refractivity contribution in [3.05, 3.63) is 100 Å². The van der Waals surface area contributed by atoms with Crippen LogP contribution >= 0.6 is 11.6 Å². The zero-order valence-corrected chi connectivity index (χ0v) is 21.0. The third-order valence-electron chi connectivity index (χ3n) is 6.74. The van der Waals surface area contributed by atoms with Crippen molar-refractivity contribution in [3.8, 4) is 16.9 Å². The summed E-state index contributed by atoms with van der Waals surface area (Å²) in [5.74, 6) is 2.76. The van der Waals surface area contributed by atoms with E-state index in [9.17, 15) is 0 Å². The van der Waals surface area contributed by atoms with Gasteiger partial charge in [-0.25, -0.2) is 15.0 Å². The van der Waals surface area contributed by atoms with E-state index < -0.39 is 0 Å². The number of hydrogen-bond donors (Lipinski definition) is 1. The topological polar surface area (TPSA) is 66.9 Å². The number of aromatic amines is 1. The molecule has 0 amide bonds. The molecule has 6 rings (SSSR count). The Morgan fingerprint density at radius 3 is 2.72 bits per heavy atom. The molecule has 0 radical (unpaired) electrons. The second kappa shape index (κ2) is 9.28. The van der Waals surface area contributed by atoms with Gasteiger partial charge in [0.1, 0.15) is 30.3 Å². The first-order chi connectivity index (χ1) is 17.5. The Hall–Kier alpha value is -3.90. The number of nitrogens with one attached hydrogen (secondary N) is 1. The molecule has 0 unspecified atom stereocenters. The first kappa shape index (κ1) is 22.6. The molecule has 3 aromatic carbocycles. The first-order valence-electron chi connectivity index (χ1n) is 12.1. The van der Waals surface area contributed by atoms with Crippen molar-refractivity contribution in [2.24, 2.45) is 0 Å². The summed E-state index contributed by atoms with van der Waals surface area (Å²) in [6.45, 7) is 6.02. The number of nitrogens with zero attached hydrogens (tertiary/aromatic N) is 4. The normalized spacial score (nSPS) is 13.4. The Morgan fingerprint density at radius 2 is 1.83 bits per heavy atom. The first-order valence-corrected chi connectivity index (χ1v) is 12.4. The third-order valence-corrected chi connectivity index (χ3v) is 7.11. The lowest BCUT2D eigenvalue weighted by Crippen LogP contribution is -2.28. The fraction of sp³-hybridized carbons (Fsp3) is 0.207. The molecule has 180 valence electrons.